The zero-order chi connectivity index (χ0) is 14.8. The first-order chi connectivity index (χ1) is 9.40. The fraction of sp³-hybridized carbons (Fsp3) is 0.143. The van der Waals surface area contributed by atoms with Crippen molar-refractivity contribution in [2.75, 3.05) is 0 Å². The highest BCUT2D eigenvalue weighted by Crippen LogP contribution is 2.23. The van der Waals surface area contributed by atoms with Gasteiger partial charge in [0.15, 0.2) is 0 Å². The molecule has 0 fully saturated rings. The zero-order valence-electron chi connectivity index (χ0n) is 10.7. The van der Waals surface area contributed by atoms with Gasteiger partial charge in [-0.15, -0.1) is 0 Å². The molecule has 0 saturated carbocycles. The summed E-state index contributed by atoms with van der Waals surface area (Å²) in [4.78, 5) is 0.156. The molecule has 2 aromatic carbocycles. The zero-order valence-corrected chi connectivity index (χ0v) is 13.1. The van der Waals surface area contributed by atoms with Gasteiger partial charge in [-0.3, -0.25) is 0 Å². The van der Waals surface area contributed by atoms with Crippen LogP contribution in [0.25, 0.3) is 0 Å². The van der Waals surface area contributed by atoms with Gasteiger partial charge in [0.2, 0.25) is 10.0 Å². The van der Waals surface area contributed by atoms with Crippen molar-refractivity contribution < 1.29 is 12.8 Å². The summed E-state index contributed by atoms with van der Waals surface area (Å²) in [7, 11) is -3.67. The smallest absolute Gasteiger partial charge is 0.207 e. The van der Waals surface area contributed by atoms with E-state index in [1.807, 2.05) is 0 Å². The lowest BCUT2D eigenvalue weighted by Crippen LogP contribution is -2.27. The molecule has 0 aromatic heterocycles. The number of hydrogen-bond acceptors (Lipinski definition) is 2. The van der Waals surface area contributed by atoms with E-state index in [0.717, 1.165) is 0 Å². The number of halogens is 2. The van der Waals surface area contributed by atoms with Crippen LogP contribution >= 0.6 is 15.9 Å². The second kappa shape index (κ2) is 6.03. The van der Waals surface area contributed by atoms with Gasteiger partial charge < -0.3 is 0 Å². The molecule has 1 N–H and O–H groups in total. The van der Waals surface area contributed by atoms with Gasteiger partial charge in [0.25, 0.3) is 0 Å². The standard InChI is InChI=1S/C14H13BrFNO2S/c1-10(11-5-4-6-12(16)9-11)17-20(18,19)14-8-3-2-7-13(14)15/h2-10,17H,1H3. The number of sulfonamides is 1. The van der Waals surface area contributed by atoms with E-state index >= 15 is 0 Å². The molecule has 0 spiro atoms. The van der Waals surface area contributed by atoms with Crippen LogP contribution in [-0.2, 0) is 10.0 Å². The second-order valence-electron chi connectivity index (χ2n) is 4.33. The summed E-state index contributed by atoms with van der Waals surface area (Å²) >= 11 is 3.21. The van der Waals surface area contributed by atoms with E-state index in [1.54, 1.807) is 37.3 Å². The highest BCUT2D eigenvalue weighted by atomic mass is 79.9. The SMILES string of the molecule is CC(NS(=O)(=O)c1ccccc1Br)c1cccc(F)c1. The number of benzene rings is 2. The van der Waals surface area contributed by atoms with Gasteiger partial charge in [-0.2, -0.15) is 0 Å². The lowest BCUT2D eigenvalue weighted by Gasteiger charge is -2.15. The molecular formula is C14H13BrFNO2S. The maximum absolute atomic E-state index is 13.2. The van der Waals surface area contributed by atoms with Crippen molar-refractivity contribution in [1.29, 1.82) is 0 Å². The first kappa shape index (κ1) is 15.2. The number of rotatable bonds is 4. The molecule has 0 heterocycles. The molecule has 0 aliphatic rings. The first-order valence-electron chi connectivity index (χ1n) is 5.92. The van der Waals surface area contributed by atoms with Gasteiger partial charge in [0, 0.05) is 10.5 Å². The molecule has 0 saturated heterocycles. The summed E-state index contributed by atoms with van der Waals surface area (Å²) < 4.78 is 40.8. The fourth-order valence-electron chi connectivity index (χ4n) is 1.80. The van der Waals surface area contributed by atoms with Crippen LogP contribution < -0.4 is 4.72 Å². The van der Waals surface area contributed by atoms with E-state index in [2.05, 4.69) is 20.7 Å². The summed E-state index contributed by atoms with van der Waals surface area (Å²) in [6, 6.07) is 11.9. The Morgan fingerprint density at radius 1 is 1.15 bits per heavy atom. The maximum atomic E-state index is 13.2. The lowest BCUT2D eigenvalue weighted by molar-refractivity contribution is 0.564. The van der Waals surface area contributed by atoms with Gasteiger partial charge >= 0.3 is 0 Å². The average molecular weight is 358 g/mol. The molecule has 0 bridgehead atoms. The van der Waals surface area contributed by atoms with Crippen molar-refractivity contribution in [3.8, 4) is 0 Å². The minimum absolute atomic E-state index is 0.156. The van der Waals surface area contributed by atoms with E-state index in [4.69, 9.17) is 0 Å². The Morgan fingerprint density at radius 2 is 1.85 bits per heavy atom. The molecule has 6 heteroatoms. The monoisotopic (exact) mass is 357 g/mol. The molecule has 2 rings (SSSR count). The van der Waals surface area contributed by atoms with E-state index in [1.165, 1.54) is 18.2 Å². The third-order valence-corrected chi connectivity index (χ3v) is 5.36. The highest BCUT2D eigenvalue weighted by molar-refractivity contribution is 9.10. The lowest BCUT2D eigenvalue weighted by atomic mass is 10.1. The molecule has 106 valence electrons. The van der Waals surface area contributed by atoms with Crippen LogP contribution in [0.3, 0.4) is 0 Å². The van der Waals surface area contributed by atoms with E-state index in [-0.39, 0.29) is 4.90 Å². The van der Waals surface area contributed by atoms with E-state index < -0.39 is 21.9 Å². The van der Waals surface area contributed by atoms with Crippen LogP contribution in [0.5, 0.6) is 0 Å². The molecule has 1 unspecified atom stereocenters. The molecule has 0 radical (unpaired) electrons. The van der Waals surface area contributed by atoms with Crippen LogP contribution in [0.2, 0.25) is 0 Å². The summed E-state index contributed by atoms with van der Waals surface area (Å²) in [5.74, 6) is -0.394. The topological polar surface area (TPSA) is 46.2 Å². The summed E-state index contributed by atoms with van der Waals surface area (Å²) in [6.07, 6.45) is 0. The minimum atomic E-state index is -3.67. The fourth-order valence-corrected chi connectivity index (χ4v) is 4.04. The van der Waals surface area contributed by atoms with Crippen molar-refractivity contribution in [3.63, 3.8) is 0 Å². The van der Waals surface area contributed by atoms with Gasteiger partial charge in [-0.1, -0.05) is 24.3 Å². The maximum Gasteiger partial charge on any atom is 0.242 e. The second-order valence-corrected chi connectivity index (χ2v) is 6.87. The summed E-state index contributed by atoms with van der Waals surface area (Å²) in [5, 5.41) is 0. The minimum Gasteiger partial charge on any atom is -0.207 e. The van der Waals surface area contributed by atoms with E-state index in [0.29, 0.717) is 10.0 Å². The van der Waals surface area contributed by atoms with Crippen molar-refractivity contribution in [2.45, 2.75) is 17.9 Å². The van der Waals surface area contributed by atoms with Gasteiger partial charge in [-0.25, -0.2) is 17.5 Å². The molecule has 0 aliphatic heterocycles. The van der Waals surface area contributed by atoms with E-state index in [9.17, 15) is 12.8 Å². The van der Waals surface area contributed by atoms with Crippen molar-refractivity contribution in [3.05, 3.63) is 64.4 Å². The van der Waals surface area contributed by atoms with Crippen molar-refractivity contribution >= 4 is 26.0 Å². The molecule has 2 aromatic rings. The molecule has 3 nitrogen and oxygen atoms in total. The number of hydrogen-bond donors (Lipinski definition) is 1. The third kappa shape index (κ3) is 3.45. The highest BCUT2D eigenvalue weighted by Gasteiger charge is 2.20. The normalized spacial score (nSPS) is 13.2. The van der Waals surface area contributed by atoms with Gasteiger partial charge in [-0.05, 0) is 52.7 Å². The van der Waals surface area contributed by atoms with Crippen LogP contribution in [0.4, 0.5) is 4.39 Å². The number of nitrogens with one attached hydrogen (secondary N) is 1. The molecule has 1 atom stereocenters. The molecule has 0 aliphatic carbocycles. The van der Waals surface area contributed by atoms with Crippen LogP contribution in [0, 0.1) is 5.82 Å². The van der Waals surface area contributed by atoms with Crippen molar-refractivity contribution in [2.24, 2.45) is 0 Å². The van der Waals surface area contributed by atoms with Gasteiger partial charge in [0.05, 0.1) is 4.90 Å². The Balaban J connectivity index is 2.27. The Hall–Kier alpha value is -1.24. The molecule has 0 amide bonds. The quantitative estimate of drug-likeness (QED) is 0.907. The van der Waals surface area contributed by atoms with Crippen molar-refractivity contribution in [1.82, 2.24) is 4.72 Å². The predicted octanol–water partition coefficient (Wildman–Crippen LogP) is 3.63. The molecule has 20 heavy (non-hydrogen) atoms. The first-order valence-corrected chi connectivity index (χ1v) is 8.20. The Kier molecular flexibility index (Phi) is 4.57. The predicted molar refractivity (Wildman–Crippen MR) is 79.3 cm³/mol. The van der Waals surface area contributed by atoms with Crippen LogP contribution in [-0.4, -0.2) is 8.42 Å². The average Bonchev–Trinajstić information content (AvgIpc) is 2.38. The van der Waals surface area contributed by atoms with Crippen LogP contribution in [0.1, 0.15) is 18.5 Å². The Bertz CT molecular complexity index is 719. The van der Waals surface area contributed by atoms with Gasteiger partial charge in [0.1, 0.15) is 5.82 Å². The summed E-state index contributed by atoms with van der Waals surface area (Å²) in [6.45, 7) is 1.67. The third-order valence-electron chi connectivity index (χ3n) is 2.81. The Labute approximate surface area is 126 Å². The molecular weight excluding hydrogens is 345 g/mol. The van der Waals surface area contributed by atoms with Crippen LogP contribution in [0.15, 0.2) is 57.9 Å². The summed E-state index contributed by atoms with van der Waals surface area (Å²) in [5.41, 5.74) is 0.570. The Morgan fingerprint density at radius 3 is 2.50 bits per heavy atom. The largest absolute Gasteiger partial charge is 0.242 e.